The molecule has 194 valence electrons. The molecule has 0 saturated heterocycles. The maximum atomic E-state index is 16.0. The number of nitrogens with one attached hydrogen (secondary N) is 3. The van der Waals surface area contributed by atoms with Gasteiger partial charge in [0.05, 0.1) is 34.5 Å². The lowest BCUT2D eigenvalue weighted by Crippen LogP contribution is -2.11. The maximum Gasteiger partial charge on any atom is 0.224 e. The smallest absolute Gasteiger partial charge is 0.224 e. The first-order valence-electron chi connectivity index (χ1n) is 12.4. The van der Waals surface area contributed by atoms with Gasteiger partial charge in [0.15, 0.2) is 11.6 Å². The number of halogens is 2. The predicted molar refractivity (Wildman–Crippen MR) is 144 cm³/mol. The molecule has 0 aliphatic heterocycles. The Bertz CT molecular complexity index is 1840. The highest BCUT2D eigenvalue weighted by atomic mass is 19.1. The number of pyridine rings is 3. The lowest BCUT2D eigenvalue weighted by molar-refractivity contribution is -0.116. The first kappa shape index (κ1) is 24.3. The summed E-state index contributed by atoms with van der Waals surface area (Å²) in [5, 5.41) is 10.1. The molecule has 11 heteroatoms. The second-order valence-electron chi connectivity index (χ2n) is 9.02. The molecule has 1 amide bonds. The van der Waals surface area contributed by atoms with Gasteiger partial charge in [-0.25, -0.2) is 13.8 Å². The van der Waals surface area contributed by atoms with Crippen LogP contribution in [0.25, 0.3) is 56.0 Å². The molecule has 0 unspecified atom stereocenters. The van der Waals surface area contributed by atoms with Crippen LogP contribution in [0.5, 0.6) is 0 Å². The molecule has 9 nitrogen and oxygen atoms in total. The number of carbonyl (C=O) groups is 1. The summed E-state index contributed by atoms with van der Waals surface area (Å²) in [5.74, 6) is -0.897. The van der Waals surface area contributed by atoms with Gasteiger partial charge < -0.3 is 10.3 Å². The largest absolute Gasteiger partial charge is 0.336 e. The Morgan fingerprint density at radius 3 is 2.72 bits per heavy atom. The third kappa shape index (κ3) is 4.48. The number of imidazole rings is 1. The number of nitrogens with zero attached hydrogens (tertiary/aromatic N) is 5. The molecule has 0 atom stereocenters. The zero-order valence-electron chi connectivity index (χ0n) is 20.8. The quantitative estimate of drug-likeness (QED) is 0.234. The van der Waals surface area contributed by atoms with Crippen molar-refractivity contribution in [3.8, 4) is 34.0 Å². The number of hydrogen-bond acceptors (Lipinski definition) is 6. The SMILES string of the molecule is CCCCC(=O)Nc1cncc(-c2ncc3[nH]nc(-c4nc5c(-c6ccccc6F)nccc5[nH]4)c3c2F)c1. The minimum absolute atomic E-state index is 0.0483. The van der Waals surface area contributed by atoms with Crippen molar-refractivity contribution in [3.05, 3.63) is 72.8 Å². The van der Waals surface area contributed by atoms with Crippen LogP contribution < -0.4 is 5.32 Å². The van der Waals surface area contributed by atoms with E-state index in [1.54, 1.807) is 36.5 Å². The van der Waals surface area contributed by atoms with Crippen LogP contribution in [0.4, 0.5) is 14.5 Å². The van der Waals surface area contributed by atoms with Crippen LogP contribution in [0.2, 0.25) is 0 Å². The van der Waals surface area contributed by atoms with Crippen LogP contribution in [0, 0.1) is 11.6 Å². The summed E-state index contributed by atoms with van der Waals surface area (Å²) in [4.78, 5) is 32.7. The van der Waals surface area contributed by atoms with Gasteiger partial charge in [0, 0.05) is 29.9 Å². The fraction of sp³-hybridized carbons (Fsp3) is 0.143. The number of H-pyrrole nitrogens is 2. The van der Waals surface area contributed by atoms with E-state index in [2.05, 4.69) is 40.4 Å². The van der Waals surface area contributed by atoms with Crippen molar-refractivity contribution in [3.63, 3.8) is 0 Å². The number of carbonyl (C=O) groups excluding carboxylic acids is 1. The van der Waals surface area contributed by atoms with Gasteiger partial charge >= 0.3 is 0 Å². The summed E-state index contributed by atoms with van der Waals surface area (Å²) in [5.41, 5.74) is 3.19. The number of anilines is 1. The minimum Gasteiger partial charge on any atom is -0.336 e. The lowest BCUT2D eigenvalue weighted by atomic mass is 10.1. The Hall–Kier alpha value is -5.06. The standard InChI is InChI=1S/C28H22F2N8O/c1-2-3-8-21(39)34-16-11-15(12-31-13-16)24-23(30)22-20(14-33-24)37-38-27(22)28-35-19-9-10-32-25(26(19)36-28)17-6-4-5-7-18(17)29/h4-7,9-14H,2-3,8H2,1H3,(H,34,39)(H,35,36)(H,37,38). The third-order valence-corrected chi connectivity index (χ3v) is 6.35. The van der Waals surface area contributed by atoms with Crippen LogP contribution in [0.3, 0.4) is 0 Å². The molecule has 0 spiro atoms. The van der Waals surface area contributed by atoms with Crippen molar-refractivity contribution < 1.29 is 13.6 Å². The van der Waals surface area contributed by atoms with Crippen molar-refractivity contribution in [2.75, 3.05) is 5.32 Å². The van der Waals surface area contributed by atoms with E-state index in [9.17, 15) is 9.18 Å². The summed E-state index contributed by atoms with van der Waals surface area (Å²) in [6.45, 7) is 2.01. The number of rotatable bonds is 7. The molecule has 5 aromatic heterocycles. The zero-order valence-corrected chi connectivity index (χ0v) is 20.8. The molecule has 5 heterocycles. The van der Waals surface area contributed by atoms with Crippen molar-refractivity contribution in [1.82, 2.24) is 35.1 Å². The molecule has 0 saturated carbocycles. The Kier molecular flexibility index (Phi) is 6.23. The van der Waals surface area contributed by atoms with Gasteiger partial charge in [0.25, 0.3) is 0 Å². The molecule has 6 rings (SSSR count). The van der Waals surface area contributed by atoms with E-state index in [-0.39, 0.29) is 28.5 Å². The average Bonchev–Trinajstić information content (AvgIpc) is 3.57. The van der Waals surface area contributed by atoms with E-state index in [0.717, 1.165) is 12.8 Å². The van der Waals surface area contributed by atoms with E-state index >= 15 is 4.39 Å². The van der Waals surface area contributed by atoms with E-state index in [4.69, 9.17) is 0 Å². The molecule has 1 aromatic carbocycles. The molecule has 0 aliphatic carbocycles. The van der Waals surface area contributed by atoms with Gasteiger partial charge in [-0.2, -0.15) is 5.10 Å². The molecule has 6 aromatic rings. The predicted octanol–water partition coefficient (Wildman–Crippen LogP) is 6.03. The summed E-state index contributed by atoms with van der Waals surface area (Å²) < 4.78 is 30.5. The van der Waals surface area contributed by atoms with Crippen molar-refractivity contribution in [2.45, 2.75) is 26.2 Å². The number of aromatic nitrogens is 7. The van der Waals surface area contributed by atoms with Crippen LogP contribution in [-0.4, -0.2) is 41.0 Å². The van der Waals surface area contributed by atoms with E-state index in [1.165, 1.54) is 24.7 Å². The maximum absolute atomic E-state index is 16.0. The molecular weight excluding hydrogens is 502 g/mol. The minimum atomic E-state index is -0.625. The third-order valence-electron chi connectivity index (χ3n) is 6.35. The molecule has 39 heavy (non-hydrogen) atoms. The average molecular weight is 525 g/mol. The first-order valence-corrected chi connectivity index (χ1v) is 12.4. The van der Waals surface area contributed by atoms with Gasteiger partial charge in [0.1, 0.15) is 28.4 Å². The molecule has 3 N–H and O–H groups in total. The highest BCUT2D eigenvalue weighted by molar-refractivity contribution is 5.97. The first-order chi connectivity index (χ1) is 19.0. The zero-order chi connectivity index (χ0) is 26.9. The van der Waals surface area contributed by atoms with Crippen molar-refractivity contribution in [2.24, 2.45) is 0 Å². The molecule has 0 fully saturated rings. The Labute approximate surface area is 220 Å². The molecule has 0 radical (unpaired) electrons. The topological polar surface area (TPSA) is 125 Å². The number of amides is 1. The Morgan fingerprint density at radius 2 is 1.87 bits per heavy atom. The summed E-state index contributed by atoms with van der Waals surface area (Å²) in [7, 11) is 0. The highest BCUT2D eigenvalue weighted by Gasteiger charge is 2.22. The van der Waals surface area contributed by atoms with Gasteiger partial charge in [-0.05, 0) is 30.7 Å². The van der Waals surface area contributed by atoms with E-state index < -0.39 is 11.6 Å². The number of benzene rings is 1. The fourth-order valence-corrected chi connectivity index (χ4v) is 4.44. The van der Waals surface area contributed by atoms with Gasteiger partial charge in [-0.15, -0.1) is 0 Å². The van der Waals surface area contributed by atoms with Crippen LogP contribution in [-0.2, 0) is 4.79 Å². The van der Waals surface area contributed by atoms with Gasteiger partial charge in [0.2, 0.25) is 5.91 Å². The molecule has 0 bridgehead atoms. The van der Waals surface area contributed by atoms with E-state index in [0.29, 0.717) is 45.5 Å². The van der Waals surface area contributed by atoms with Crippen molar-refractivity contribution in [1.29, 1.82) is 0 Å². The number of unbranched alkanes of at least 4 members (excludes halogenated alkanes) is 1. The van der Waals surface area contributed by atoms with Crippen LogP contribution >= 0.6 is 0 Å². The fourth-order valence-electron chi connectivity index (χ4n) is 4.44. The number of aromatic amines is 2. The summed E-state index contributed by atoms with van der Waals surface area (Å²) in [6, 6.07) is 9.64. The molecule has 0 aliphatic rings. The molecular formula is C28H22F2N8O. The second-order valence-corrected chi connectivity index (χ2v) is 9.02. The van der Waals surface area contributed by atoms with Gasteiger partial charge in [-0.3, -0.25) is 24.8 Å². The number of hydrogen-bond donors (Lipinski definition) is 3. The van der Waals surface area contributed by atoms with Crippen LogP contribution in [0.15, 0.2) is 61.2 Å². The monoisotopic (exact) mass is 524 g/mol. The Morgan fingerprint density at radius 1 is 1.00 bits per heavy atom. The van der Waals surface area contributed by atoms with Crippen LogP contribution in [0.1, 0.15) is 26.2 Å². The van der Waals surface area contributed by atoms with Gasteiger partial charge in [-0.1, -0.05) is 25.5 Å². The Balaban J connectivity index is 1.42. The summed E-state index contributed by atoms with van der Waals surface area (Å²) >= 11 is 0. The normalized spacial score (nSPS) is 11.4. The summed E-state index contributed by atoms with van der Waals surface area (Å²) in [6.07, 6.45) is 8.08. The van der Waals surface area contributed by atoms with Crippen molar-refractivity contribution >= 4 is 33.5 Å². The second kappa shape index (κ2) is 10.0. The van der Waals surface area contributed by atoms with E-state index in [1.807, 2.05) is 6.92 Å². The number of fused-ring (bicyclic) bond motifs is 2. The highest BCUT2D eigenvalue weighted by Crippen LogP contribution is 2.34. The lowest BCUT2D eigenvalue weighted by Gasteiger charge is -2.08.